The van der Waals surface area contributed by atoms with E-state index >= 15 is 0 Å². The van der Waals surface area contributed by atoms with E-state index < -0.39 is 41.4 Å². The van der Waals surface area contributed by atoms with E-state index in [1.807, 2.05) is 13.8 Å². The smallest absolute Gasteiger partial charge is 0.347 e. The summed E-state index contributed by atoms with van der Waals surface area (Å²) in [6.45, 7) is 3.86. The molecule has 1 saturated heterocycles. The van der Waals surface area contributed by atoms with E-state index in [0.717, 1.165) is 5.56 Å². The number of nitrogens with one attached hydrogen (secondary N) is 1. The van der Waals surface area contributed by atoms with Crippen LogP contribution in [-0.4, -0.2) is 33.8 Å². The van der Waals surface area contributed by atoms with E-state index in [9.17, 15) is 31.5 Å². The Balaban J connectivity index is 1.60. The molecule has 1 aliphatic carbocycles. The molecule has 2 fully saturated rings. The lowest BCUT2D eigenvalue weighted by Gasteiger charge is -2.30. The van der Waals surface area contributed by atoms with Crippen LogP contribution in [0.2, 0.25) is 0 Å². The highest BCUT2D eigenvalue weighted by Crippen LogP contribution is 2.43. The normalized spacial score (nSPS) is 20.9. The zero-order chi connectivity index (χ0) is 26.2. The Morgan fingerprint density at radius 2 is 1.81 bits per heavy atom. The van der Waals surface area contributed by atoms with Gasteiger partial charge in [-0.25, -0.2) is 8.78 Å². The van der Waals surface area contributed by atoms with Gasteiger partial charge in [-0.3, -0.25) is 14.6 Å². The number of amides is 2. The molecule has 5 nitrogen and oxygen atoms in total. The summed E-state index contributed by atoms with van der Waals surface area (Å²) in [5.74, 6) is -3.97. The first-order chi connectivity index (χ1) is 17.0. The first-order valence-electron chi connectivity index (χ1n) is 12.2. The van der Waals surface area contributed by atoms with Crippen LogP contribution in [-0.2, 0) is 17.4 Å². The Kier molecular flexibility index (Phi) is 7.33. The van der Waals surface area contributed by atoms with Crippen LogP contribution in [0.4, 0.5) is 22.0 Å². The average molecular weight is 510 g/mol. The summed E-state index contributed by atoms with van der Waals surface area (Å²) in [5.41, 5.74) is -0.862. The number of aromatic nitrogens is 1. The molecule has 4 rings (SSSR count). The largest absolute Gasteiger partial charge is 0.419 e. The molecule has 10 heteroatoms. The topological polar surface area (TPSA) is 62.3 Å². The van der Waals surface area contributed by atoms with Crippen LogP contribution >= 0.6 is 0 Å². The van der Waals surface area contributed by atoms with Crippen LogP contribution < -0.4 is 5.32 Å². The predicted molar refractivity (Wildman–Crippen MR) is 122 cm³/mol. The fraction of sp³-hybridized carbons (Fsp3) is 0.500. The van der Waals surface area contributed by atoms with Crippen molar-refractivity contribution in [3.63, 3.8) is 0 Å². The Morgan fingerprint density at radius 1 is 1.08 bits per heavy atom. The molecule has 3 atom stereocenters. The predicted octanol–water partition coefficient (Wildman–Crippen LogP) is 5.59. The maximum absolute atomic E-state index is 14.7. The monoisotopic (exact) mass is 509 g/mol. The summed E-state index contributed by atoms with van der Waals surface area (Å²) in [4.78, 5) is 32.5. The molecular weight excluding hydrogens is 481 g/mol. The molecular formula is C26H28F5N3O2. The van der Waals surface area contributed by atoms with Crippen LogP contribution in [0.15, 0.2) is 30.5 Å². The van der Waals surface area contributed by atoms with Gasteiger partial charge in [-0.05, 0) is 74.3 Å². The van der Waals surface area contributed by atoms with Gasteiger partial charge in [0.25, 0.3) is 5.91 Å². The maximum Gasteiger partial charge on any atom is 0.419 e. The molecule has 194 valence electrons. The van der Waals surface area contributed by atoms with Crippen molar-refractivity contribution in [3.05, 3.63) is 64.5 Å². The number of likely N-dealkylation sites (tertiary alicyclic amines) is 1. The number of hydrogen-bond acceptors (Lipinski definition) is 3. The van der Waals surface area contributed by atoms with Crippen molar-refractivity contribution in [1.29, 1.82) is 0 Å². The van der Waals surface area contributed by atoms with E-state index in [-0.39, 0.29) is 35.2 Å². The van der Waals surface area contributed by atoms with Gasteiger partial charge in [-0.1, -0.05) is 13.8 Å². The highest BCUT2D eigenvalue weighted by atomic mass is 19.4. The number of rotatable bonds is 7. The van der Waals surface area contributed by atoms with Gasteiger partial charge in [-0.2, -0.15) is 13.2 Å². The van der Waals surface area contributed by atoms with Crippen molar-refractivity contribution in [3.8, 4) is 0 Å². The van der Waals surface area contributed by atoms with Gasteiger partial charge in [0.05, 0.1) is 11.6 Å². The SMILES string of the molecule is CCc1ccnc(C(=O)N2[C@H](CC)CC[C@@H]2C(=O)NC(c2cc(F)c(C(F)(F)F)cc2F)C2CC2)c1. The Labute approximate surface area is 206 Å². The third kappa shape index (κ3) is 5.22. The molecule has 1 aromatic carbocycles. The number of nitrogens with zero attached hydrogens (tertiary/aromatic N) is 2. The number of benzene rings is 1. The zero-order valence-electron chi connectivity index (χ0n) is 20.0. The zero-order valence-corrected chi connectivity index (χ0v) is 20.0. The average Bonchev–Trinajstić information content (AvgIpc) is 3.60. The molecule has 1 saturated carbocycles. The lowest BCUT2D eigenvalue weighted by atomic mass is 9.98. The molecule has 2 amide bonds. The first kappa shape index (κ1) is 26.0. The summed E-state index contributed by atoms with van der Waals surface area (Å²) >= 11 is 0. The Bertz CT molecular complexity index is 1150. The fourth-order valence-corrected chi connectivity index (χ4v) is 4.94. The molecule has 1 unspecified atom stereocenters. The third-order valence-corrected chi connectivity index (χ3v) is 7.08. The molecule has 0 radical (unpaired) electrons. The van der Waals surface area contributed by atoms with E-state index in [1.165, 1.54) is 4.90 Å². The minimum Gasteiger partial charge on any atom is -0.347 e. The van der Waals surface area contributed by atoms with Gasteiger partial charge < -0.3 is 10.2 Å². The van der Waals surface area contributed by atoms with Gasteiger partial charge in [-0.15, -0.1) is 0 Å². The van der Waals surface area contributed by atoms with Crippen LogP contribution in [0.3, 0.4) is 0 Å². The van der Waals surface area contributed by atoms with Crippen molar-refractivity contribution in [2.45, 2.75) is 76.7 Å². The second-order valence-electron chi connectivity index (χ2n) is 9.45. The second kappa shape index (κ2) is 10.1. The van der Waals surface area contributed by atoms with Gasteiger partial charge in [0.15, 0.2) is 0 Å². The highest BCUT2D eigenvalue weighted by molar-refractivity contribution is 5.97. The van der Waals surface area contributed by atoms with E-state index in [2.05, 4.69) is 10.3 Å². The van der Waals surface area contributed by atoms with Crippen molar-refractivity contribution in [1.82, 2.24) is 15.2 Å². The molecule has 2 heterocycles. The number of alkyl halides is 3. The van der Waals surface area contributed by atoms with Crippen LogP contribution in [0.5, 0.6) is 0 Å². The second-order valence-corrected chi connectivity index (χ2v) is 9.45. The van der Waals surface area contributed by atoms with Crippen LogP contribution in [0.25, 0.3) is 0 Å². The van der Waals surface area contributed by atoms with Gasteiger partial charge in [0, 0.05) is 17.8 Å². The standard InChI is InChI=1S/C26H28F5N3O2/c1-3-14-9-10-32-21(11-14)25(36)34-16(4-2)7-8-22(34)24(35)33-23(15-5-6-15)17-12-20(28)18(13-19(17)27)26(29,30)31/h9-13,15-16,22-23H,3-8H2,1-2H3,(H,33,35)/t16-,22-,23?/m1/s1. The van der Waals surface area contributed by atoms with Crippen molar-refractivity contribution in [2.24, 2.45) is 5.92 Å². The quantitative estimate of drug-likeness (QED) is 0.495. The van der Waals surface area contributed by atoms with Crippen molar-refractivity contribution >= 4 is 11.8 Å². The number of pyridine rings is 1. The molecule has 1 aliphatic heterocycles. The van der Waals surface area contributed by atoms with E-state index in [4.69, 9.17) is 0 Å². The Morgan fingerprint density at radius 3 is 2.42 bits per heavy atom. The lowest BCUT2D eigenvalue weighted by molar-refractivity contribution is -0.140. The number of carbonyl (C=O) groups is 2. The minimum absolute atomic E-state index is 0.136. The summed E-state index contributed by atoms with van der Waals surface area (Å²) < 4.78 is 68.0. The molecule has 1 aromatic heterocycles. The molecule has 2 aromatic rings. The number of hydrogen-bond donors (Lipinski definition) is 1. The lowest BCUT2D eigenvalue weighted by Crippen LogP contribution is -2.50. The van der Waals surface area contributed by atoms with Gasteiger partial charge in [0.1, 0.15) is 23.4 Å². The Hall–Kier alpha value is -3.04. The molecule has 36 heavy (non-hydrogen) atoms. The highest BCUT2D eigenvalue weighted by Gasteiger charge is 2.44. The molecule has 0 bridgehead atoms. The summed E-state index contributed by atoms with van der Waals surface area (Å²) in [5, 5.41) is 2.73. The number of halogens is 5. The minimum atomic E-state index is -5.04. The van der Waals surface area contributed by atoms with Crippen molar-refractivity contribution in [2.75, 3.05) is 0 Å². The van der Waals surface area contributed by atoms with Crippen LogP contribution in [0, 0.1) is 17.6 Å². The molecule has 0 spiro atoms. The van der Waals surface area contributed by atoms with Gasteiger partial charge >= 0.3 is 6.18 Å². The third-order valence-electron chi connectivity index (χ3n) is 7.08. The number of carbonyl (C=O) groups excluding carboxylic acids is 2. The first-order valence-corrected chi connectivity index (χ1v) is 12.2. The fourth-order valence-electron chi connectivity index (χ4n) is 4.94. The van der Waals surface area contributed by atoms with E-state index in [0.29, 0.717) is 44.6 Å². The van der Waals surface area contributed by atoms with Gasteiger partial charge in [0.2, 0.25) is 5.91 Å². The molecule has 2 aliphatic rings. The summed E-state index contributed by atoms with van der Waals surface area (Å²) in [6.07, 6.45) is 0.0390. The van der Waals surface area contributed by atoms with Crippen LogP contribution in [0.1, 0.15) is 79.2 Å². The maximum atomic E-state index is 14.7. The summed E-state index contributed by atoms with van der Waals surface area (Å²) in [6, 6.07) is 2.12. The molecule has 1 N–H and O–H groups in total. The van der Waals surface area contributed by atoms with Crippen molar-refractivity contribution < 1.29 is 31.5 Å². The number of aryl methyl sites for hydroxylation is 1. The van der Waals surface area contributed by atoms with E-state index in [1.54, 1.807) is 18.3 Å². The summed E-state index contributed by atoms with van der Waals surface area (Å²) in [7, 11) is 0.